The maximum atomic E-state index is 10.8. The van der Waals surface area contributed by atoms with Gasteiger partial charge in [0.05, 0.1) is 11.0 Å². The Balaban J connectivity index is 1.98. The van der Waals surface area contributed by atoms with Gasteiger partial charge < -0.3 is 4.98 Å². The third-order valence-corrected chi connectivity index (χ3v) is 3.37. The minimum Gasteiger partial charge on any atom is -0.342 e. The monoisotopic (exact) mass is 260 g/mol. The molecule has 2 aromatic rings. The Labute approximate surface area is 111 Å². The van der Waals surface area contributed by atoms with E-state index in [-0.39, 0.29) is 5.12 Å². The topological polar surface area (TPSA) is 45.8 Å². The van der Waals surface area contributed by atoms with Crippen molar-refractivity contribution >= 4 is 34.0 Å². The minimum atomic E-state index is 0.178. The number of aryl methyl sites for hydroxylation is 1. The zero-order chi connectivity index (χ0) is 13.0. The molecule has 0 saturated carbocycles. The second-order valence-electron chi connectivity index (χ2n) is 4.13. The SMILES string of the molecule is CC(=O)SCCC=Cc1ccc2nc(C)[nH]c2c1. The Morgan fingerprint density at radius 1 is 1.50 bits per heavy atom. The highest BCUT2D eigenvalue weighted by atomic mass is 32.2. The van der Waals surface area contributed by atoms with Crippen LogP contribution in [0.1, 0.15) is 24.7 Å². The van der Waals surface area contributed by atoms with Gasteiger partial charge in [0, 0.05) is 12.7 Å². The maximum Gasteiger partial charge on any atom is 0.185 e. The van der Waals surface area contributed by atoms with Crippen molar-refractivity contribution in [2.75, 3.05) is 5.75 Å². The summed E-state index contributed by atoms with van der Waals surface area (Å²) in [5.41, 5.74) is 3.21. The average Bonchev–Trinajstić information content (AvgIpc) is 2.67. The van der Waals surface area contributed by atoms with Crippen LogP contribution in [0.4, 0.5) is 0 Å². The summed E-state index contributed by atoms with van der Waals surface area (Å²) in [6, 6.07) is 6.16. The quantitative estimate of drug-likeness (QED) is 0.855. The second-order valence-corrected chi connectivity index (χ2v) is 5.40. The summed E-state index contributed by atoms with van der Waals surface area (Å²) in [6.45, 7) is 3.55. The molecule has 18 heavy (non-hydrogen) atoms. The van der Waals surface area contributed by atoms with Crippen molar-refractivity contribution in [3.63, 3.8) is 0 Å². The highest BCUT2D eigenvalue weighted by Crippen LogP contribution is 2.15. The standard InChI is InChI=1S/C14H16N2OS/c1-10-15-13-7-6-12(9-14(13)16-10)5-3-4-8-18-11(2)17/h3,5-7,9H,4,8H2,1-2H3,(H,15,16). The Kier molecular flexibility index (Phi) is 4.20. The summed E-state index contributed by atoms with van der Waals surface area (Å²) in [7, 11) is 0. The first-order valence-corrected chi connectivity index (χ1v) is 6.90. The number of nitrogens with zero attached hydrogens (tertiary/aromatic N) is 1. The van der Waals surface area contributed by atoms with Crippen molar-refractivity contribution in [1.82, 2.24) is 9.97 Å². The number of nitrogens with one attached hydrogen (secondary N) is 1. The molecule has 1 aromatic heterocycles. The minimum absolute atomic E-state index is 0.178. The van der Waals surface area contributed by atoms with Gasteiger partial charge in [-0.2, -0.15) is 0 Å². The van der Waals surface area contributed by atoms with Crippen LogP contribution in [0.2, 0.25) is 0 Å². The largest absolute Gasteiger partial charge is 0.342 e. The Morgan fingerprint density at radius 3 is 3.11 bits per heavy atom. The van der Waals surface area contributed by atoms with Crippen LogP contribution in [-0.4, -0.2) is 20.8 Å². The van der Waals surface area contributed by atoms with Gasteiger partial charge in [-0.1, -0.05) is 30.0 Å². The molecule has 0 saturated heterocycles. The van der Waals surface area contributed by atoms with Crippen LogP contribution in [0.25, 0.3) is 17.1 Å². The number of allylic oxidation sites excluding steroid dienone is 1. The van der Waals surface area contributed by atoms with Gasteiger partial charge in [0.25, 0.3) is 0 Å². The third-order valence-electron chi connectivity index (χ3n) is 2.52. The van der Waals surface area contributed by atoms with E-state index in [1.807, 2.05) is 13.0 Å². The first kappa shape index (κ1) is 12.9. The van der Waals surface area contributed by atoms with E-state index in [0.717, 1.165) is 34.6 Å². The van der Waals surface area contributed by atoms with Gasteiger partial charge in [-0.3, -0.25) is 4.79 Å². The summed E-state index contributed by atoms with van der Waals surface area (Å²) < 4.78 is 0. The lowest BCUT2D eigenvalue weighted by Crippen LogP contribution is -1.83. The van der Waals surface area contributed by atoms with Gasteiger partial charge in [-0.25, -0.2) is 4.98 Å². The highest BCUT2D eigenvalue weighted by molar-refractivity contribution is 8.13. The van der Waals surface area contributed by atoms with E-state index in [0.29, 0.717) is 0 Å². The van der Waals surface area contributed by atoms with Crippen molar-refractivity contribution in [1.29, 1.82) is 0 Å². The van der Waals surface area contributed by atoms with Crippen LogP contribution in [-0.2, 0) is 4.79 Å². The summed E-state index contributed by atoms with van der Waals surface area (Å²) >= 11 is 1.37. The number of aromatic nitrogens is 2. The van der Waals surface area contributed by atoms with Gasteiger partial charge >= 0.3 is 0 Å². The van der Waals surface area contributed by atoms with Crippen LogP contribution in [0.3, 0.4) is 0 Å². The molecule has 0 unspecified atom stereocenters. The zero-order valence-corrected chi connectivity index (χ0v) is 11.4. The summed E-state index contributed by atoms with van der Waals surface area (Å²) in [6.07, 6.45) is 5.08. The summed E-state index contributed by atoms with van der Waals surface area (Å²) in [5, 5.41) is 0.178. The molecule has 2 rings (SSSR count). The number of thioether (sulfide) groups is 1. The number of carbonyl (C=O) groups excluding carboxylic acids is 1. The third kappa shape index (κ3) is 3.47. The summed E-state index contributed by atoms with van der Waals surface area (Å²) in [5.74, 6) is 1.78. The molecule has 1 N–H and O–H groups in total. The number of benzene rings is 1. The number of H-pyrrole nitrogens is 1. The van der Waals surface area contributed by atoms with Gasteiger partial charge in [-0.05, 0) is 31.0 Å². The van der Waals surface area contributed by atoms with Gasteiger partial charge in [0.15, 0.2) is 5.12 Å². The molecule has 0 fully saturated rings. The number of rotatable bonds is 4. The molecule has 0 radical (unpaired) electrons. The van der Waals surface area contributed by atoms with E-state index in [2.05, 4.69) is 34.3 Å². The number of aromatic amines is 1. The van der Waals surface area contributed by atoms with Gasteiger partial charge in [0.2, 0.25) is 0 Å². The van der Waals surface area contributed by atoms with E-state index in [4.69, 9.17) is 0 Å². The molecule has 0 bridgehead atoms. The first-order chi connectivity index (χ1) is 8.65. The van der Waals surface area contributed by atoms with Gasteiger partial charge in [-0.15, -0.1) is 0 Å². The lowest BCUT2D eigenvalue weighted by atomic mass is 10.2. The number of hydrogen-bond acceptors (Lipinski definition) is 3. The van der Waals surface area contributed by atoms with E-state index < -0.39 is 0 Å². The molecule has 1 aromatic carbocycles. The van der Waals surface area contributed by atoms with Crippen LogP contribution in [0.5, 0.6) is 0 Å². The van der Waals surface area contributed by atoms with E-state index in [1.165, 1.54) is 11.8 Å². The number of fused-ring (bicyclic) bond motifs is 1. The molecule has 0 spiro atoms. The lowest BCUT2D eigenvalue weighted by molar-refractivity contribution is -0.109. The fourth-order valence-electron chi connectivity index (χ4n) is 1.75. The van der Waals surface area contributed by atoms with E-state index in [9.17, 15) is 4.79 Å². The zero-order valence-electron chi connectivity index (χ0n) is 10.6. The van der Waals surface area contributed by atoms with Crippen molar-refractivity contribution in [3.8, 4) is 0 Å². The average molecular weight is 260 g/mol. The first-order valence-electron chi connectivity index (χ1n) is 5.91. The van der Waals surface area contributed by atoms with Crippen LogP contribution in [0.15, 0.2) is 24.3 Å². The molecule has 94 valence electrons. The number of hydrogen-bond donors (Lipinski definition) is 1. The van der Waals surface area contributed by atoms with Gasteiger partial charge in [0.1, 0.15) is 5.82 Å². The normalized spacial score (nSPS) is 11.4. The lowest BCUT2D eigenvalue weighted by Gasteiger charge is -1.94. The molecule has 0 amide bonds. The number of imidazole rings is 1. The molecule has 0 aliphatic heterocycles. The van der Waals surface area contributed by atoms with Crippen molar-refractivity contribution in [3.05, 3.63) is 35.7 Å². The molecular formula is C14H16N2OS. The Bertz CT molecular complexity index is 586. The predicted octanol–water partition coefficient (Wildman–Crippen LogP) is 3.55. The van der Waals surface area contributed by atoms with E-state index >= 15 is 0 Å². The molecule has 1 heterocycles. The second kappa shape index (κ2) is 5.87. The molecule has 3 nitrogen and oxygen atoms in total. The highest BCUT2D eigenvalue weighted by Gasteiger charge is 1.98. The molecule has 0 atom stereocenters. The van der Waals surface area contributed by atoms with Crippen molar-refractivity contribution in [2.24, 2.45) is 0 Å². The molecular weight excluding hydrogens is 244 g/mol. The maximum absolute atomic E-state index is 10.8. The number of carbonyl (C=O) groups is 1. The summed E-state index contributed by atoms with van der Waals surface area (Å²) in [4.78, 5) is 18.3. The van der Waals surface area contributed by atoms with Crippen LogP contribution >= 0.6 is 11.8 Å². The Hall–Kier alpha value is -1.55. The smallest absolute Gasteiger partial charge is 0.185 e. The van der Waals surface area contributed by atoms with Crippen molar-refractivity contribution < 1.29 is 4.79 Å². The molecule has 0 aliphatic rings. The van der Waals surface area contributed by atoms with Crippen LogP contribution < -0.4 is 0 Å². The molecule has 0 aliphatic carbocycles. The molecule has 4 heteroatoms. The fourth-order valence-corrected chi connectivity index (χ4v) is 2.29. The van der Waals surface area contributed by atoms with E-state index in [1.54, 1.807) is 6.92 Å². The fraction of sp³-hybridized carbons (Fsp3) is 0.286. The predicted molar refractivity (Wildman–Crippen MR) is 77.6 cm³/mol. The van der Waals surface area contributed by atoms with Crippen LogP contribution in [0, 0.1) is 6.92 Å². The van der Waals surface area contributed by atoms with Crippen molar-refractivity contribution in [2.45, 2.75) is 20.3 Å². The Morgan fingerprint density at radius 2 is 2.33 bits per heavy atom.